The molecule has 148 valence electrons. The van der Waals surface area contributed by atoms with Gasteiger partial charge in [0.05, 0.1) is 9.77 Å². The minimum Gasteiger partial charge on any atom is -0.326 e. The lowest BCUT2D eigenvalue weighted by atomic mass is 9.90. The summed E-state index contributed by atoms with van der Waals surface area (Å²) in [5.41, 5.74) is 4.88. The fraction of sp³-hybridized carbons (Fsp3) is 0.368. The van der Waals surface area contributed by atoms with Gasteiger partial charge in [-0.25, -0.2) is 8.42 Å². The van der Waals surface area contributed by atoms with E-state index in [2.05, 4.69) is 22.5 Å². The number of fused-ring (bicyclic) bond motifs is 2. The molecule has 0 saturated heterocycles. The molecule has 28 heavy (non-hydrogen) atoms. The molecule has 2 amide bonds. The van der Waals surface area contributed by atoms with Crippen LogP contribution in [0.3, 0.4) is 0 Å². The van der Waals surface area contributed by atoms with Crippen LogP contribution in [0.5, 0.6) is 0 Å². The SMILES string of the molecule is C[C@H]1CCc2sc(C(=O)NNS(=O)(=O)c3ccc4c(c3)CCC(=O)N4)cc2C1. The molecule has 2 heterocycles. The van der Waals surface area contributed by atoms with Crippen molar-refractivity contribution in [2.24, 2.45) is 5.92 Å². The van der Waals surface area contributed by atoms with Crippen molar-refractivity contribution < 1.29 is 18.0 Å². The molecule has 1 aromatic carbocycles. The minimum atomic E-state index is -3.91. The zero-order valence-corrected chi connectivity index (χ0v) is 17.0. The molecule has 9 heteroatoms. The molecule has 4 rings (SSSR count). The van der Waals surface area contributed by atoms with Crippen LogP contribution in [-0.2, 0) is 34.1 Å². The second kappa shape index (κ2) is 7.31. The van der Waals surface area contributed by atoms with Crippen molar-refractivity contribution in [2.75, 3.05) is 5.32 Å². The van der Waals surface area contributed by atoms with E-state index in [1.165, 1.54) is 33.9 Å². The number of hydrogen-bond acceptors (Lipinski definition) is 5. The van der Waals surface area contributed by atoms with Gasteiger partial charge in [-0.1, -0.05) is 6.92 Å². The van der Waals surface area contributed by atoms with E-state index in [0.717, 1.165) is 24.8 Å². The van der Waals surface area contributed by atoms with E-state index in [0.29, 0.717) is 29.3 Å². The monoisotopic (exact) mass is 419 g/mol. The van der Waals surface area contributed by atoms with Gasteiger partial charge in [0.15, 0.2) is 0 Å². The van der Waals surface area contributed by atoms with Crippen LogP contribution in [0.2, 0.25) is 0 Å². The third kappa shape index (κ3) is 3.82. The number of anilines is 1. The van der Waals surface area contributed by atoms with Crippen molar-refractivity contribution in [3.8, 4) is 0 Å². The smallest absolute Gasteiger partial charge is 0.276 e. The van der Waals surface area contributed by atoms with E-state index >= 15 is 0 Å². The van der Waals surface area contributed by atoms with Crippen molar-refractivity contribution in [3.05, 3.63) is 45.1 Å². The Hall–Kier alpha value is -2.23. The molecule has 1 aromatic heterocycles. The Morgan fingerprint density at radius 2 is 2.00 bits per heavy atom. The van der Waals surface area contributed by atoms with Crippen LogP contribution in [0.25, 0.3) is 0 Å². The molecule has 0 fully saturated rings. The first-order valence-corrected chi connectivity index (χ1v) is 11.5. The Balaban J connectivity index is 1.45. The quantitative estimate of drug-likeness (QED) is 0.662. The Bertz CT molecular complexity index is 1060. The van der Waals surface area contributed by atoms with Crippen LogP contribution >= 0.6 is 11.3 Å². The van der Waals surface area contributed by atoms with Crippen LogP contribution in [0.4, 0.5) is 5.69 Å². The van der Waals surface area contributed by atoms with Crippen LogP contribution in [0.15, 0.2) is 29.2 Å². The largest absolute Gasteiger partial charge is 0.326 e. The molecule has 1 aliphatic heterocycles. The Morgan fingerprint density at radius 1 is 1.18 bits per heavy atom. The molecule has 7 nitrogen and oxygen atoms in total. The average molecular weight is 420 g/mol. The fourth-order valence-electron chi connectivity index (χ4n) is 3.58. The normalized spacial score (nSPS) is 18.8. The predicted molar refractivity (Wildman–Crippen MR) is 107 cm³/mol. The lowest BCUT2D eigenvalue weighted by molar-refractivity contribution is -0.116. The van der Waals surface area contributed by atoms with Gasteiger partial charge in [-0.2, -0.15) is 0 Å². The number of benzene rings is 1. The zero-order valence-electron chi connectivity index (χ0n) is 15.4. The maximum atomic E-state index is 12.5. The molecule has 0 spiro atoms. The standard InChI is InChI=1S/C19H21N3O4S2/c1-11-2-6-16-13(8-11)10-17(27-16)19(24)21-22-28(25,26)14-4-5-15-12(9-14)3-7-18(23)20-15/h4-5,9-11,22H,2-3,6-8H2,1H3,(H,20,23)(H,21,24)/t11-/m0/s1. The van der Waals surface area contributed by atoms with Crippen LogP contribution in [0.1, 0.15) is 45.4 Å². The highest BCUT2D eigenvalue weighted by Gasteiger charge is 2.23. The second-order valence-corrected chi connectivity index (χ2v) is 10.2. The van der Waals surface area contributed by atoms with Gasteiger partial charge in [0, 0.05) is 17.0 Å². The summed E-state index contributed by atoms with van der Waals surface area (Å²) < 4.78 is 25.1. The molecule has 0 unspecified atom stereocenters. The van der Waals surface area contributed by atoms with Crippen molar-refractivity contribution in [2.45, 2.75) is 43.9 Å². The van der Waals surface area contributed by atoms with Gasteiger partial charge >= 0.3 is 0 Å². The average Bonchev–Trinajstić information content (AvgIpc) is 3.09. The van der Waals surface area contributed by atoms with Crippen molar-refractivity contribution in [1.82, 2.24) is 10.3 Å². The first-order valence-electron chi connectivity index (χ1n) is 9.18. The highest BCUT2D eigenvalue weighted by Crippen LogP contribution is 2.32. The summed E-state index contributed by atoms with van der Waals surface area (Å²) in [5, 5.41) is 2.71. The van der Waals surface area contributed by atoms with Crippen molar-refractivity contribution in [1.29, 1.82) is 0 Å². The van der Waals surface area contributed by atoms with Gasteiger partial charge in [-0.3, -0.25) is 15.0 Å². The summed E-state index contributed by atoms with van der Waals surface area (Å²) in [6.07, 6.45) is 3.83. The summed E-state index contributed by atoms with van der Waals surface area (Å²) in [5.74, 6) is 0.0627. The lowest BCUT2D eigenvalue weighted by Gasteiger charge is -2.17. The number of sulfonamides is 1. The fourth-order valence-corrected chi connectivity index (χ4v) is 5.57. The molecule has 2 aliphatic rings. The first-order chi connectivity index (χ1) is 13.3. The van der Waals surface area contributed by atoms with E-state index in [1.807, 2.05) is 6.07 Å². The molecule has 3 N–H and O–H groups in total. The predicted octanol–water partition coefficient (Wildman–Crippen LogP) is 2.38. The van der Waals surface area contributed by atoms with Gasteiger partial charge in [0.1, 0.15) is 0 Å². The molecule has 1 atom stereocenters. The topological polar surface area (TPSA) is 104 Å². The number of nitrogens with one attached hydrogen (secondary N) is 3. The third-order valence-corrected chi connectivity index (χ3v) is 7.62. The number of aryl methyl sites for hydroxylation is 2. The van der Waals surface area contributed by atoms with E-state index in [9.17, 15) is 18.0 Å². The van der Waals surface area contributed by atoms with Crippen LogP contribution in [0, 0.1) is 5.92 Å². The molecule has 0 saturated carbocycles. The highest BCUT2D eigenvalue weighted by molar-refractivity contribution is 7.89. The van der Waals surface area contributed by atoms with E-state index in [1.54, 1.807) is 6.07 Å². The number of carbonyl (C=O) groups is 2. The Morgan fingerprint density at radius 3 is 2.82 bits per heavy atom. The summed E-state index contributed by atoms with van der Waals surface area (Å²) in [6, 6.07) is 6.36. The van der Waals surface area contributed by atoms with Gasteiger partial charge in [0.2, 0.25) is 5.91 Å². The Labute approximate surface area is 167 Å². The second-order valence-electron chi connectivity index (χ2n) is 7.33. The molecule has 0 bridgehead atoms. The van der Waals surface area contributed by atoms with E-state index in [-0.39, 0.29) is 10.8 Å². The molecular weight excluding hydrogens is 398 g/mol. The van der Waals surface area contributed by atoms with Crippen molar-refractivity contribution in [3.63, 3.8) is 0 Å². The van der Waals surface area contributed by atoms with Gasteiger partial charge in [0.25, 0.3) is 15.9 Å². The third-order valence-electron chi connectivity index (χ3n) is 5.13. The van der Waals surface area contributed by atoms with Gasteiger partial charge < -0.3 is 5.32 Å². The number of thiophene rings is 1. The zero-order chi connectivity index (χ0) is 19.9. The molecule has 2 aromatic rings. The summed E-state index contributed by atoms with van der Waals surface area (Å²) in [7, 11) is -3.91. The molecular formula is C19H21N3O4S2. The highest BCUT2D eigenvalue weighted by atomic mass is 32.2. The molecule has 0 radical (unpaired) electrons. The maximum absolute atomic E-state index is 12.5. The summed E-state index contributed by atoms with van der Waals surface area (Å²) in [4.78, 5) is 27.8. The molecule has 1 aliphatic carbocycles. The minimum absolute atomic E-state index is 0.0435. The van der Waals surface area contributed by atoms with Crippen molar-refractivity contribution >= 4 is 38.9 Å². The van der Waals surface area contributed by atoms with Crippen LogP contribution in [-0.4, -0.2) is 20.2 Å². The van der Waals surface area contributed by atoms with Crippen LogP contribution < -0.4 is 15.6 Å². The number of rotatable bonds is 4. The van der Waals surface area contributed by atoms with Gasteiger partial charge in [-0.05, 0) is 67.0 Å². The maximum Gasteiger partial charge on any atom is 0.276 e. The number of amides is 2. The number of hydrogen-bond donors (Lipinski definition) is 3. The summed E-state index contributed by atoms with van der Waals surface area (Å²) >= 11 is 1.42. The Kier molecular flexibility index (Phi) is 4.98. The first kappa shape index (κ1) is 19.1. The number of carbonyl (C=O) groups excluding carboxylic acids is 2. The number of hydrazine groups is 1. The lowest BCUT2D eigenvalue weighted by Crippen LogP contribution is -2.41. The van der Waals surface area contributed by atoms with E-state index in [4.69, 9.17) is 0 Å². The van der Waals surface area contributed by atoms with E-state index < -0.39 is 15.9 Å². The van der Waals surface area contributed by atoms with Gasteiger partial charge in [-0.15, -0.1) is 16.2 Å². The summed E-state index contributed by atoms with van der Waals surface area (Å²) in [6.45, 7) is 2.19.